The first kappa shape index (κ1) is 30.4. The maximum atomic E-state index is 13.3. The van der Waals surface area contributed by atoms with Gasteiger partial charge in [-0.1, -0.05) is 22.0 Å². The molecule has 12 heteroatoms. The van der Waals surface area contributed by atoms with Crippen LogP contribution in [0.5, 0.6) is 11.5 Å². The molecule has 9 nitrogen and oxygen atoms in total. The van der Waals surface area contributed by atoms with Gasteiger partial charge < -0.3 is 24.7 Å². The number of rotatable bonds is 9. The van der Waals surface area contributed by atoms with Gasteiger partial charge in [0.05, 0.1) is 11.4 Å². The summed E-state index contributed by atoms with van der Waals surface area (Å²) in [6.45, 7) is 0.706. The topological polar surface area (TPSA) is 107 Å². The number of ether oxygens (including phenoxy) is 2. The Hall–Kier alpha value is -4.26. The van der Waals surface area contributed by atoms with E-state index in [1.807, 2.05) is 35.2 Å². The van der Waals surface area contributed by atoms with Crippen LogP contribution in [-0.2, 0) is 44.3 Å². The number of nitrogens with zero attached hydrogens (tertiary/aromatic N) is 3. The minimum atomic E-state index is -0.0429. The molecule has 3 aromatic heterocycles. The smallest absolute Gasteiger partial charge is 0.253 e. The van der Waals surface area contributed by atoms with Gasteiger partial charge in [-0.05, 0) is 78.3 Å². The van der Waals surface area contributed by atoms with Crippen LogP contribution in [0.15, 0.2) is 80.7 Å². The lowest BCUT2D eigenvalue weighted by molar-refractivity contribution is -0.116. The van der Waals surface area contributed by atoms with E-state index in [0.717, 1.165) is 61.2 Å². The molecule has 0 atom stereocenters. The maximum Gasteiger partial charge on any atom is 0.253 e. The van der Waals surface area contributed by atoms with Crippen LogP contribution < -0.4 is 25.7 Å². The second-order valence-corrected chi connectivity index (χ2v) is 14.0. The Bertz CT molecular complexity index is 2000. The number of nitrogens with one attached hydrogen (secondary N) is 2. The van der Waals surface area contributed by atoms with Crippen molar-refractivity contribution in [3.63, 3.8) is 0 Å². The van der Waals surface area contributed by atoms with Gasteiger partial charge in [-0.2, -0.15) is 0 Å². The number of fused-ring (bicyclic) bond motifs is 2. The van der Waals surface area contributed by atoms with E-state index in [-0.39, 0.29) is 11.5 Å². The number of halogens is 1. The molecule has 0 fully saturated rings. The Kier molecular flexibility index (Phi) is 8.74. The van der Waals surface area contributed by atoms with Gasteiger partial charge in [0.15, 0.2) is 0 Å². The average molecular weight is 717 g/mol. The highest BCUT2D eigenvalue weighted by Crippen LogP contribution is 2.40. The van der Waals surface area contributed by atoms with Crippen molar-refractivity contribution in [2.75, 3.05) is 10.6 Å². The van der Waals surface area contributed by atoms with Crippen molar-refractivity contribution in [1.82, 2.24) is 14.5 Å². The molecule has 2 N–H and O–H groups in total. The van der Waals surface area contributed by atoms with Crippen LogP contribution >= 0.6 is 38.6 Å². The molecule has 5 aromatic rings. The Morgan fingerprint density at radius 1 is 0.848 bits per heavy atom. The molecule has 2 aromatic carbocycles. The van der Waals surface area contributed by atoms with Crippen LogP contribution in [0.3, 0.4) is 0 Å². The first-order valence-corrected chi connectivity index (χ1v) is 17.4. The largest absolute Gasteiger partial charge is 0.484 e. The number of thiazole rings is 2. The van der Waals surface area contributed by atoms with Crippen LogP contribution in [0.4, 0.5) is 11.4 Å². The number of anilines is 2. The fourth-order valence-corrected chi connectivity index (χ4v) is 7.26. The molecule has 0 radical (unpaired) electrons. The lowest BCUT2D eigenvalue weighted by Crippen LogP contribution is -2.21. The molecule has 0 bridgehead atoms. The number of allylic oxidation sites excluding steroid dienone is 2. The van der Waals surface area contributed by atoms with Gasteiger partial charge in [-0.25, -0.2) is 9.97 Å². The summed E-state index contributed by atoms with van der Waals surface area (Å²) in [6, 6.07) is 10.1. The predicted molar refractivity (Wildman–Crippen MR) is 185 cm³/mol. The Labute approximate surface area is 282 Å². The molecular formula is C34H30BrN5O4S2. The van der Waals surface area contributed by atoms with Crippen molar-refractivity contribution >= 4 is 55.9 Å². The number of hydrogen-bond donors (Lipinski definition) is 2. The van der Waals surface area contributed by atoms with Crippen molar-refractivity contribution in [3.05, 3.63) is 113 Å². The second-order valence-electron chi connectivity index (χ2n) is 11.2. The first-order valence-electron chi connectivity index (χ1n) is 14.9. The fourth-order valence-electron chi connectivity index (χ4n) is 5.72. The molecule has 0 saturated carbocycles. The number of carbonyl (C=O) groups excluding carboxylic acids is 1. The predicted octanol–water partition coefficient (Wildman–Crippen LogP) is 7.26. The van der Waals surface area contributed by atoms with Gasteiger partial charge in [0.25, 0.3) is 5.56 Å². The molecule has 0 saturated heterocycles. The maximum absolute atomic E-state index is 13.3. The second kappa shape index (κ2) is 13.2. The van der Waals surface area contributed by atoms with Crippen LogP contribution in [0.2, 0.25) is 0 Å². The summed E-state index contributed by atoms with van der Waals surface area (Å²) in [7, 11) is 1.78. The van der Waals surface area contributed by atoms with E-state index in [1.54, 1.807) is 35.3 Å². The molecule has 1 amide bonds. The number of amides is 1. The van der Waals surface area contributed by atoms with E-state index >= 15 is 0 Å². The minimum Gasteiger partial charge on any atom is -0.484 e. The highest BCUT2D eigenvalue weighted by molar-refractivity contribution is 9.10. The van der Waals surface area contributed by atoms with Gasteiger partial charge in [0, 0.05) is 58.6 Å². The molecule has 46 heavy (non-hydrogen) atoms. The summed E-state index contributed by atoms with van der Waals surface area (Å²) in [5.41, 5.74) is 7.35. The zero-order valence-electron chi connectivity index (χ0n) is 25.0. The lowest BCUT2D eigenvalue weighted by atomic mass is 9.95. The summed E-state index contributed by atoms with van der Waals surface area (Å²) < 4.78 is 15.0. The third-order valence-electron chi connectivity index (χ3n) is 8.00. The van der Waals surface area contributed by atoms with Gasteiger partial charge in [-0.15, -0.1) is 22.7 Å². The summed E-state index contributed by atoms with van der Waals surface area (Å²) in [6.07, 6.45) is 10.7. The summed E-state index contributed by atoms with van der Waals surface area (Å²) in [5.74, 6) is 1.33. The quantitative estimate of drug-likeness (QED) is 0.166. The molecule has 0 aliphatic carbocycles. The van der Waals surface area contributed by atoms with Gasteiger partial charge in [0.1, 0.15) is 34.7 Å². The van der Waals surface area contributed by atoms with Crippen LogP contribution in [0.25, 0.3) is 11.1 Å². The molecule has 2 aliphatic rings. The van der Waals surface area contributed by atoms with E-state index in [0.29, 0.717) is 49.5 Å². The summed E-state index contributed by atoms with van der Waals surface area (Å²) >= 11 is 6.70. The molecule has 0 unspecified atom stereocenters. The van der Waals surface area contributed by atoms with Crippen molar-refractivity contribution in [1.29, 1.82) is 0 Å². The Morgan fingerprint density at radius 2 is 1.52 bits per heavy atom. The van der Waals surface area contributed by atoms with E-state index in [1.165, 1.54) is 16.9 Å². The van der Waals surface area contributed by atoms with Gasteiger partial charge >= 0.3 is 0 Å². The Morgan fingerprint density at radius 3 is 2.24 bits per heavy atom. The van der Waals surface area contributed by atoms with E-state index < -0.39 is 0 Å². The number of aryl methyl sites for hydroxylation is 3. The first-order chi connectivity index (χ1) is 22.4. The van der Waals surface area contributed by atoms with E-state index in [9.17, 15) is 9.59 Å². The summed E-state index contributed by atoms with van der Waals surface area (Å²) in [5, 5.41) is 12.2. The van der Waals surface area contributed by atoms with Crippen molar-refractivity contribution in [2.45, 2.75) is 45.3 Å². The monoisotopic (exact) mass is 715 g/mol. The Balaban J connectivity index is 1.15. The van der Waals surface area contributed by atoms with Crippen molar-refractivity contribution in [3.8, 4) is 22.6 Å². The molecule has 7 rings (SSSR count). The fraction of sp³-hybridized carbons (Fsp3) is 0.235. The van der Waals surface area contributed by atoms with Gasteiger partial charge in [-0.3, -0.25) is 9.59 Å². The molecule has 0 spiro atoms. The minimum absolute atomic E-state index is 0.0263. The zero-order valence-corrected chi connectivity index (χ0v) is 28.2. The van der Waals surface area contributed by atoms with Crippen LogP contribution in [0.1, 0.15) is 39.5 Å². The number of benzene rings is 2. The normalized spacial score (nSPS) is 14.7. The van der Waals surface area contributed by atoms with E-state index in [2.05, 4.69) is 54.7 Å². The standard InChI is InChI=1S/C34H30BrN5O4S2/c1-40-17-24(23-12-20-4-7-29(41)39-33(20)27(15-23)43-18-30-36-8-10-45-30)13-22(34(40)42)3-6-26-5-2-21-14-25(35)16-28(32(21)38-26)44-19-31-37-9-11-46-31/h6,8-17,38H,2-5,7,18-19H2,1H3,(H,39,41)/b26-6+. The average Bonchev–Trinajstić information content (AvgIpc) is 3.78. The molecule has 5 heterocycles. The molecule has 234 valence electrons. The number of hydrogen-bond acceptors (Lipinski definition) is 9. The molecular weight excluding hydrogens is 686 g/mol. The lowest BCUT2D eigenvalue weighted by Gasteiger charge is -2.24. The zero-order chi connectivity index (χ0) is 31.6. The van der Waals surface area contributed by atoms with Crippen LogP contribution in [-0.4, -0.2) is 20.4 Å². The van der Waals surface area contributed by atoms with Crippen molar-refractivity contribution in [2.24, 2.45) is 7.05 Å². The highest BCUT2D eigenvalue weighted by Gasteiger charge is 2.22. The summed E-state index contributed by atoms with van der Waals surface area (Å²) in [4.78, 5) is 34.2. The van der Waals surface area contributed by atoms with Crippen molar-refractivity contribution < 1.29 is 14.3 Å². The number of aromatic nitrogens is 3. The SMILES string of the molecule is Cn1cc(-c2cc3c(c(OCc4nccs4)c2)NC(=O)CC3)cc(C/C=C2\CCc3cc(Br)cc(OCc4nccs4)c3N2)c1=O. The molecule has 2 aliphatic heterocycles. The third-order valence-corrected chi connectivity index (χ3v) is 9.96. The number of pyridine rings is 1. The van der Waals surface area contributed by atoms with E-state index in [4.69, 9.17) is 9.47 Å². The third kappa shape index (κ3) is 6.64. The van der Waals surface area contributed by atoms with Gasteiger partial charge in [0.2, 0.25) is 5.91 Å². The van der Waals surface area contributed by atoms with Crippen LogP contribution in [0, 0.1) is 0 Å². The highest BCUT2D eigenvalue weighted by atomic mass is 79.9. The number of carbonyl (C=O) groups is 1.